The average Bonchev–Trinajstić information content (AvgIpc) is 2.83. The van der Waals surface area contributed by atoms with Crippen molar-refractivity contribution in [3.8, 4) is 0 Å². The molecule has 1 unspecified atom stereocenters. The van der Waals surface area contributed by atoms with Gasteiger partial charge in [0.1, 0.15) is 11.9 Å². The van der Waals surface area contributed by atoms with Crippen molar-refractivity contribution in [3.63, 3.8) is 0 Å². The van der Waals surface area contributed by atoms with Gasteiger partial charge in [0, 0.05) is 34.8 Å². The first kappa shape index (κ1) is 27.8. The summed E-state index contributed by atoms with van der Waals surface area (Å²) in [5.41, 5.74) is 1.81. The number of amides is 2. The molecule has 0 aliphatic rings. The van der Waals surface area contributed by atoms with Gasteiger partial charge in [-0.1, -0.05) is 78.3 Å². The maximum atomic E-state index is 14.2. The van der Waals surface area contributed by atoms with E-state index in [2.05, 4.69) is 5.32 Å². The Morgan fingerprint density at radius 3 is 2.14 bits per heavy atom. The molecule has 0 radical (unpaired) electrons. The SMILES string of the molecule is CC(C)(C)NC(=O)C(Cc1ccccc1)N(Cc1ccccc1)C(=O)CSCc1c(F)cccc1Cl. The molecule has 1 N–H and O–H groups in total. The Morgan fingerprint density at radius 2 is 1.56 bits per heavy atom. The Balaban J connectivity index is 1.86. The van der Waals surface area contributed by atoms with Gasteiger partial charge in [-0.25, -0.2) is 4.39 Å². The van der Waals surface area contributed by atoms with Crippen LogP contribution in [0.25, 0.3) is 0 Å². The van der Waals surface area contributed by atoms with Gasteiger partial charge >= 0.3 is 0 Å². The lowest BCUT2D eigenvalue weighted by Gasteiger charge is -2.34. The van der Waals surface area contributed by atoms with Gasteiger partial charge in [-0.15, -0.1) is 11.8 Å². The maximum absolute atomic E-state index is 14.2. The third-order valence-electron chi connectivity index (χ3n) is 5.50. The van der Waals surface area contributed by atoms with E-state index in [1.165, 1.54) is 17.8 Å². The van der Waals surface area contributed by atoms with E-state index in [-0.39, 0.29) is 29.9 Å². The predicted octanol–water partition coefficient (Wildman–Crippen LogP) is 6.27. The molecule has 4 nitrogen and oxygen atoms in total. The van der Waals surface area contributed by atoms with E-state index in [0.29, 0.717) is 17.0 Å². The van der Waals surface area contributed by atoms with E-state index in [1.807, 2.05) is 81.4 Å². The van der Waals surface area contributed by atoms with Crippen molar-refractivity contribution in [2.45, 2.75) is 51.1 Å². The van der Waals surface area contributed by atoms with E-state index < -0.39 is 17.4 Å². The van der Waals surface area contributed by atoms with Gasteiger partial charge in [0.2, 0.25) is 11.8 Å². The van der Waals surface area contributed by atoms with Crippen molar-refractivity contribution in [3.05, 3.63) is 106 Å². The molecule has 190 valence electrons. The van der Waals surface area contributed by atoms with Gasteiger partial charge < -0.3 is 10.2 Å². The standard InChI is InChI=1S/C29H32ClFN2O2S/c1-29(2,3)32-28(35)26(17-21-11-6-4-7-12-21)33(18-22-13-8-5-9-14-22)27(34)20-36-19-23-24(30)15-10-16-25(23)31/h4-16,26H,17-20H2,1-3H3,(H,32,35). The second-order valence-corrected chi connectivity index (χ2v) is 11.0. The van der Waals surface area contributed by atoms with Crippen molar-refractivity contribution in [1.82, 2.24) is 10.2 Å². The van der Waals surface area contributed by atoms with Gasteiger partial charge in [-0.2, -0.15) is 0 Å². The normalized spacial score (nSPS) is 12.1. The molecule has 3 rings (SSSR count). The second kappa shape index (κ2) is 12.9. The van der Waals surface area contributed by atoms with Crippen LogP contribution in [0.1, 0.15) is 37.5 Å². The minimum Gasteiger partial charge on any atom is -0.350 e. The molecule has 0 aliphatic heterocycles. The molecule has 0 aromatic heterocycles. The number of rotatable bonds is 10. The zero-order valence-corrected chi connectivity index (χ0v) is 22.4. The summed E-state index contributed by atoms with van der Waals surface area (Å²) in [7, 11) is 0. The van der Waals surface area contributed by atoms with Crippen LogP contribution >= 0.6 is 23.4 Å². The van der Waals surface area contributed by atoms with Crippen LogP contribution in [-0.2, 0) is 28.3 Å². The van der Waals surface area contributed by atoms with Gasteiger partial charge in [0.05, 0.1) is 5.75 Å². The molecule has 0 heterocycles. The number of hydrogen-bond donors (Lipinski definition) is 1. The van der Waals surface area contributed by atoms with Crippen LogP contribution < -0.4 is 5.32 Å². The monoisotopic (exact) mass is 526 g/mol. The lowest BCUT2D eigenvalue weighted by atomic mass is 10.0. The second-order valence-electron chi connectivity index (χ2n) is 9.65. The van der Waals surface area contributed by atoms with Crippen LogP contribution in [0.3, 0.4) is 0 Å². The van der Waals surface area contributed by atoms with Crippen molar-refractivity contribution in [1.29, 1.82) is 0 Å². The molecule has 0 aliphatic carbocycles. The number of carbonyl (C=O) groups is 2. The highest BCUT2D eigenvalue weighted by molar-refractivity contribution is 7.99. The lowest BCUT2D eigenvalue weighted by molar-refractivity contribution is -0.140. The third kappa shape index (κ3) is 8.38. The number of hydrogen-bond acceptors (Lipinski definition) is 3. The predicted molar refractivity (Wildman–Crippen MR) is 146 cm³/mol. The third-order valence-corrected chi connectivity index (χ3v) is 6.80. The maximum Gasteiger partial charge on any atom is 0.243 e. The van der Waals surface area contributed by atoms with Gasteiger partial charge in [-0.3, -0.25) is 9.59 Å². The van der Waals surface area contributed by atoms with E-state index in [1.54, 1.807) is 17.0 Å². The summed E-state index contributed by atoms with van der Waals surface area (Å²) in [5, 5.41) is 3.39. The molecule has 7 heteroatoms. The van der Waals surface area contributed by atoms with Crippen LogP contribution in [0.15, 0.2) is 78.9 Å². The first-order valence-electron chi connectivity index (χ1n) is 11.8. The topological polar surface area (TPSA) is 49.4 Å². The molecule has 3 aromatic carbocycles. The molecule has 0 spiro atoms. The Hall–Kier alpha value is -2.83. The van der Waals surface area contributed by atoms with E-state index in [4.69, 9.17) is 11.6 Å². The molecule has 0 saturated heterocycles. The molecular weight excluding hydrogens is 495 g/mol. The summed E-state index contributed by atoms with van der Waals surface area (Å²) in [4.78, 5) is 28.8. The molecular formula is C29H32ClFN2O2S. The average molecular weight is 527 g/mol. The lowest BCUT2D eigenvalue weighted by Crippen LogP contribution is -2.54. The molecule has 0 fully saturated rings. The summed E-state index contributed by atoms with van der Waals surface area (Å²) in [5.74, 6) is -0.450. The Kier molecular flexibility index (Phi) is 9.97. The summed E-state index contributed by atoms with van der Waals surface area (Å²) >= 11 is 7.44. The zero-order chi connectivity index (χ0) is 26.1. The fraction of sp³-hybridized carbons (Fsp3) is 0.310. The van der Waals surface area contributed by atoms with Crippen LogP contribution in [0.2, 0.25) is 5.02 Å². The van der Waals surface area contributed by atoms with Crippen molar-refractivity contribution in [2.75, 3.05) is 5.75 Å². The Bertz CT molecular complexity index is 1130. The van der Waals surface area contributed by atoms with Gasteiger partial charge in [0.15, 0.2) is 0 Å². The number of carbonyl (C=O) groups excluding carboxylic acids is 2. The van der Waals surface area contributed by atoms with Crippen molar-refractivity contribution >= 4 is 35.2 Å². The molecule has 3 aromatic rings. The first-order valence-corrected chi connectivity index (χ1v) is 13.4. The summed E-state index contributed by atoms with van der Waals surface area (Å²) in [6, 6.07) is 23.1. The number of thioether (sulfide) groups is 1. The number of halogens is 2. The summed E-state index contributed by atoms with van der Waals surface area (Å²) in [6.45, 7) is 6.04. The Labute approximate surface area is 222 Å². The number of nitrogens with zero attached hydrogens (tertiary/aromatic N) is 1. The number of nitrogens with one attached hydrogen (secondary N) is 1. The van der Waals surface area contributed by atoms with Gasteiger partial charge in [-0.05, 0) is 44.0 Å². The fourth-order valence-corrected chi connectivity index (χ4v) is 5.03. The number of benzene rings is 3. The molecule has 2 amide bonds. The van der Waals surface area contributed by atoms with Crippen LogP contribution in [0, 0.1) is 5.82 Å². The van der Waals surface area contributed by atoms with E-state index in [0.717, 1.165) is 11.1 Å². The Morgan fingerprint density at radius 1 is 0.944 bits per heavy atom. The highest BCUT2D eigenvalue weighted by Crippen LogP contribution is 2.25. The van der Waals surface area contributed by atoms with Crippen molar-refractivity contribution < 1.29 is 14.0 Å². The summed E-state index contributed by atoms with van der Waals surface area (Å²) in [6.07, 6.45) is 0.380. The molecule has 0 bridgehead atoms. The smallest absolute Gasteiger partial charge is 0.243 e. The van der Waals surface area contributed by atoms with E-state index in [9.17, 15) is 14.0 Å². The van der Waals surface area contributed by atoms with Crippen LogP contribution in [0.5, 0.6) is 0 Å². The highest BCUT2D eigenvalue weighted by atomic mass is 35.5. The van der Waals surface area contributed by atoms with Gasteiger partial charge in [0.25, 0.3) is 0 Å². The molecule has 1 atom stereocenters. The minimum absolute atomic E-state index is 0.0889. The quantitative estimate of drug-likeness (QED) is 0.339. The molecule has 0 saturated carbocycles. The van der Waals surface area contributed by atoms with E-state index >= 15 is 0 Å². The fourth-order valence-electron chi connectivity index (χ4n) is 3.78. The highest BCUT2D eigenvalue weighted by Gasteiger charge is 2.32. The zero-order valence-electron chi connectivity index (χ0n) is 20.8. The summed E-state index contributed by atoms with van der Waals surface area (Å²) < 4.78 is 14.2. The molecule has 36 heavy (non-hydrogen) atoms. The first-order chi connectivity index (χ1) is 17.1. The minimum atomic E-state index is -0.711. The van der Waals surface area contributed by atoms with Crippen LogP contribution in [-0.4, -0.2) is 34.0 Å². The van der Waals surface area contributed by atoms with Crippen molar-refractivity contribution in [2.24, 2.45) is 0 Å². The largest absolute Gasteiger partial charge is 0.350 e. The van der Waals surface area contributed by atoms with Crippen LogP contribution in [0.4, 0.5) is 4.39 Å².